The number of nitrogens with zero attached hydrogens (tertiary/aromatic N) is 1. The second kappa shape index (κ2) is 5.53. The maximum atomic E-state index is 13.6. The van der Waals surface area contributed by atoms with Crippen LogP contribution in [0.2, 0.25) is 0 Å². The number of carboxylic acid groups (broad SMARTS) is 1. The molecule has 1 N–H and O–H groups in total. The van der Waals surface area contributed by atoms with Crippen molar-refractivity contribution in [2.45, 2.75) is 0 Å². The van der Waals surface area contributed by atoms with Gasteiger partial charge in [0.1, 0.15) is 16.9 Å². The molecule has 0 saturated carbocycles. The van der Waals surface area contributed by atoms with Crippen LogP contribution in [-0.4, -0.2) is 25.8 Å². The number of carbonyl (C=O) groups is 1. The van der Waals surface area contributed by atoms with Crippen molar-refractivity contribution in [3.8, 4) is 22.4 Å². The first kappa shape index (κ1) is 14.2. The molecule has 0 spiro atoms. The van der Waals surface area contributed by atoms with Gasteiger partial charge in [0.15, 0.2) is 5.58 Å². The van der Waals surface area contributed by atoms with Crippen molar-refractivity contribution in [2.24, 2.45) is 0 Å². The van der Waals surface area contributed by atoms with Crippen LogP contribution in [0, 0.1) is 5.82 Å². The predicted molar refractivity (Wildman–Crippen MR) is 80.2 cm³/mol. The third kappa shape index (κ3) is 2.53. The summed E-state index contributed by atoms with van der Waals surface area (Å²) in [6.45, 7) is 0. The van der Waals surface area contributed by atoms with Crippen LogP contribution in [-0.2, 0) is 16.1 Å². The average Bonchev–Trinajstić information content (AvgIpc) is 2.95. The molecule has 22 heavy (non-hydrogen) atoms. The highest BCUT2D eigenvalue weighted by Crippen LogP contribution is 2.47. The fraction of sp³-hybridized carbons (Fsp3) is 0. The molecule has 2 aliphatic rings. The highest BCUT2D eigenvalue weighted by Gasteiger charge is 2.25. The Morgan fingerprint density at radius 2 is 2.05 bits per heavy atom. The van der Waals surface area contributed by atoms with Crippen molar-refractivity contribution in [1.29, 1.82) is 0 Å². The minimum absolute atomic E-state index is 0.0648. The van der Waals surface area contributed by atoms with E-state index in [2.05, 4.69) is 5.16 Å². The Hall–Kier alpha value is -2.80. The molecule has 0 aliphatic heterocycles. The van der Waals surface area contributed by atoms with Gasteiger partial charge in [-0.2, -0.15) is 0 Å². The number of aliphatic carboxylic acids is 1. The van der Waals surface area contributed by atoms with Crippen molar-refractivity contribution in [3.63, 3.8) is 0 Å². The third-order valence-electron chi connectivity index (χ3n) is 3.08. The summed E-state index contributed by atoms with van der Waals surface area (Å²) in [5, 5.41) is 13.1. The molecule has 0 unspecified atom stereocenters. The lowest BCUT2D eigenvalue weighted by molar-refractivity contribution is -0.128. The van der Waals surface area contributed by atoms with Crippen molar-refractivity contribution in [1.82, 2.24) is 5.16 Å². The van der Waals surface area contributed by atoms with E-state index in [4.69, 9.17) is 9.63 Å². The van der Waals surface area contributed by atoms with Gasteiger partial charge in [0.05, 0.1) is 16.6 Å². The number of halogens is 1. The first-order chi connectivity index (χ1) is 10.6. The van der Waals surface area contributed by atoms with Gasteiger partial charge in [0, 0.05) is 5.56 Å². The molecule has 5 nitrogen and oxygen atoms in total. The van der Waals surface area contributed by atoms with Crippen LogP contribution in [0.5, 0.6) is 0 Å². The fourth-order valence-corrected chi connectivity index (χ4v) is 2.22. The van der Waals surface area contributed by atoms with E-state index in [-0.39, 0.29) is 17.1 Å². The summed E-state index contributed by atoms with van der Waals surface area (Å²) in [6.07, 6.45) is 0. The van der Waals surface area contributed by atoms with Crippen molar-refractivity contribution in [2.75, 3.05) is 0 Å². The Kier molecular flexibility index (Phi) is 3.56. The van der Waals surface area contributed by atoms with E-state index in [9.17, 15) is 13.4 Å². The van der Waals surface area contributed by atoms with Gasteiger partial charge >= 0.3 is 5.97 Å². The van der Waals surface area contributed by atoms with Crippen LogP contribution in [0.3, 0.4) is 0 Å². The molecule has 1 heterocycles. The zero-order valence-corrected chi connectivity index (χ0v) is 11.8. The zero-order chi connectivity index (χ0) is 15.7. The maximum Gasteiger partial charge on any atom is 0.341 e. The van der Waals surface area contributed by atoms with Crippen molar-refractivity contribution >= 4 is 33.6 Å². The number of rotatable bonds is 2. The number of fused-ring (bicyclic) bond motifs is 3. The van der Waals surface area contributed by atoms with Crippen molar-refractivity contribution < 1.29 is 23.0 Å². The van der Waals surface area contributed by atoms with Gasteiger partial charge in [-0.25, -0.2) is 13.4 Å². The molecule has 2 aliphatic carbocycles. The molecule has 1 aromatic carbocycles. The molecular weight excluding hydrogens is 309 g/mol. The van der Waals surface area contributed by atoms with Gasteiger partial charge in [0.2, 0.25) is 0 Å². The van der Waals surface area contributed by atoms with Gasteiger partial charge in [-0.05, 0) is 35.4 Å². The smallest absolute Gasteiger partial charge is 0.341 e. The SMILES string of the molecule is Fc1ccccc1-c1noc2cc3cc-3c12.O=S=CC(=O)O. The summed E-state index contributed by atoms with van der Waals surface area (Å²) >= 11 is -0.0648. The van der Waals surface area contributed by atoms with Crippen LogP contribution < -0.4 is 0 Å². The summed E-state index contributed by atoms with van der Waals surface area (Å²) in [5.41, 5.74) is 4.15. The van der Waals surface area contributed by atoms with Crippen LogP contribution in [0.1, 0.15) is 0 Å². The van der Waals surface area contributed by atoms with Crippen LogP contribution in [0.15, 0.2) is 40.9 Å². The fourth-order valence-electron chi connectivity index (χ4n) is 2.14. The summed E-state index contributed by atoms with van der Waals surface area (Å²) in [7, 11) is 0. The molecule has 0 atom stereocenters. The summed E-state index contributed by atoms with van der Waals surface area (Å²) in [5.74, 6) is -1.46. The van der Waals surface area contributed by atoms with Gasteiger partial charge in [0.25, 0.3) is 0 Å². The number of benzene rings is 2. The number of aromatic nitrogens is 1. The summed E-state index contributed by atoms with van der Waals surface area (Å²) in [6, 6.07) is 10.6. The highest BCUT2D eigenvalue weighted by atomic mass is 32.1. The lowest BCUT2D eigenvalue weighted by Crippen LogP contribution is -1.92. The van der Waals surface area contributed by atoms with Gasteiger partial charge < -0.3 is 9.63 Å². The largest absolute Gasteiger partial charge is 0.477 e. The molecule has 0 fully saturated rings. The standard InChI is InChI=1S/C13H6FNO.C2H2O3S/c14-10-4-2-1-3-8(10)13-12-9-5-7(9)6-11(12)16-15-13;3-2(4)1-6-5/h1-6H;1H,(H,3,4). The molecule has 1 aromatic heterocycles. The predicted octanol–water partition coefficient (Wildman–Crippen LogP) is 2.70. The summed E-state index contributed by atoms with van der Waals surface area (Å²) in [4.78, 5) is 9.32. The minimum atomic E-state index is -1.19. The minimum Gasteiger partial charge on any atom is -0.477 e. The van der Waals surface area contributed by atoms with Gasteiger partial charge in [-0.15, -0.1) is 0 Å². The maximum absolute atomic E-state index is 13.6. The highest BCUT2D eigenvalue weighted by molar-refractivity contribution is 7.66. The normalized spacial score (nSPS) is 10.6. The van der Waals surface area contributed by atoms with E-state index < -0.39 is 5.97 Å². The summed E-state index contributed by atoms with van der Waals surface area (Å²) < 4.78 is 28.0. The number of carboxylic acids is 1. The Morgan fingerprint density at radius 3 is 2.68 bits per heavy atom. The van der Waals surface area contributed by atoms with E-state index >= 15 is 0 Å². The Morgan fingerprint density at radius 1 is 1.27 bits per heavy atom. The molecular formula is C15H8FNO4S. The van der Waals surface area contributed by atoms with E-state index in [1.165, 1.54) is 11.6 Å². The molecule has 0 radical (unpaired) electrons. The number of hydrogen-bond acceptors (Lipinski definition) is 4. The first-order valence-electron chi connectivity index (χ1n) is 6.15. The molecule has 0 bridgehead atoms. The zero-order valence-electron chi connectivity index (χ0n) is 10.9. The molecule has 0 saturated heterocycles. The Labute approximate surface area is 127 Å². The quantitative estimate of drug-likeness (QED) is 0.575. The van der Waals surface area contributed by atoms with E-state index in [1.54, 1.807) is 18.2 Å². The Bertz CT molecular complexity index is 944. The van der Waals surface area contributed by atoms with Crippen LogP contribution in [0.25, 0.3) is 33.4 Å². The number of hydrogen-bond donors (Lipinski definition) is 1. The topological polar surface area (TPSA) is 80.4 Å². The van der Waals surface area contributed by atoms with Gasteiger partial charge in [-0.3, -0.25) is 0 Å². The van der Waals surface area contributed by atoms with E-state index in [0.29, 0.717) is 16.6 Å². The second-order valence-electron chi connectivity index (χ2n) is 4.46. The lowest BCUT2D eigenvalue weighted by Gasteiger charge is -1.97. The Balaban J connectivity index is 0.000000209. The molecule has 110 valence electrons. The van der Waals surface area contributed by atoms with E-state index in [1.807, 2.05) is 12.1 Å². The van der Waals surface area contributed by atoms with Crippen molar-refractivity contribution in [3.05, 3.63) is 42.2 Å². The molecule has 2 aromatic rings. The van der Waals surface area contributed by atoms with Gasteiger partial charge in [-0.1, -0.05) is 17.3 Å². The van der Waals surface area contributed by atoms with Crippen LogP contribution in [0.4, 0.5) is 4.39 Å². The van der Waals surface area contributed by atoms with Crippen LogP contribution >= 0.6 is 0 Å². The molecule has 7 heteroatoms. The average molecular weight is 317 g/mol. The second-order valence-corrected chi connectivity index (χ2v) is 4.89. The first-order valence-corrected chi connectivity index (χ1v) is 6.95. The monoisotopic (exact) mass is 317 g/mol. The third-order valence-corrected chi connectivity index (χ3v) is 3.38. The molecule has 0 amide bonds. The molecule has 4 rings (SSSR count). The lowest BCUT2D eigenvalue weighted by atomic mass is 10.1. The van der Waals surface area contributed by atoms with E-state index in [0.717, 1.165) is 16.5 Å².